The van der Waals surface area contributed by atoms with Crippen LogP contribution in [0.4, 0.5) is 0 Å². The van der Waals surface area contributed by atoms with Crippen LogP contribution in [0, 0.1) is 0 Å². The summed E-state index contributed by atoms with van der Waals surface area (Å²) >= 11 is 1.67. The molecule has 2 aromatic carbocycles. The molecule has 28 heavy (non-hydrogen) atoms. The zero-order chi connectivity index (χ0) is 18.9. The quantitative estimate of drug-likeness (QED) is 0.529. The summed E-state index contributed by atoms with van der Waals surface area (Å²) in [6.07, 6.45) is 4.38. The number of para-hydroxylation sites is 1. The van der Waals surface area contributed by atoms with Crippen LogP contribution in [0.25, 0.3) is 21.6 Å². The van der Waals surface area contributed by atoms with Crippen molar-refractivity contribution in [3.8, 4) is 17.1 Å². The van der Waals surface area contributed by atoms with E-state index in [0.29, 0.717) is 12.4 Å². The molecular weight excluding hydrogens is 368 g/mol. The molecule has 0 amide bonds. The van der Waals surface area contributed by atoms with Gasteiger partial charge >= 0.3 is 0 Å². The number of thiophene rings is 1. The van der Waals surface area contributed by atoms with Gasteiger partial charge in [-0.1, -0.05) is 42.5 Å². The van der Waals surface area contributed by atoms with Gasteiger partial charge in [0.05, 0.1) is 10.9 Å². The third kappa shape index (κ3) is 3.12. The Morgan fingerprint density at radius 1 is 1.00 bits per heavy atom. The van der Waals surface area contributed by atoms with Gasteiger partial charge in [-0.2, -0.15) is 0 Å². The van der Waals surface area contributed by atoms with Crippen LogP contribution in [0.5, 0.6) is 5.75 Å². The predicted molar refractivity (Wildman–Crippen MR) is 113 cm³/mol. The molecule has 0 radical (unpaired) electrons. The molecule has 5 rings (SSSR count). The van der Waals surface area contributed by atoms with E-state index in [0.717, 1.165) is 46.4 Å². The molecule has 0 spiro atoms. The molecule has 0 saturated heterocycles. The Hall–Kier alpha value is -2.92. The van der Waals surface area contributed by atoms with Crippen LogP contribution in [0.2, 0.25) is 0 Å². The fourth-order valence-corrected chi connectivity index (χ4v) is 5.08. The molecule has 1 N–H and O–H groups in total. The number of benzene rings is 2. The molecule has 0 aliphatic heterocycles. The van der Waals surface area contributed by atoms with Gasteiger partial charge in [0.2, 0.25) is 0 Å². The molecule has 0 atom stereocenters. The number of aromatic amines is 1. The summed E-state index contributed by atoms with van der Waals surface area (Å²) in [6, 6.07) is 17.8. The van der Waals surface area contributed by atoms with Crippen LogP contribution in [0.3, 0.4) is 0 Å². The van der Waals surface area contributed by atoms with Crippen LogP contribution in [0.1, 0.15) is 28.8 Å². The number of aryl methyl sites for hydroxylation is 2. The molecule has 1 aliphatic rings. The molecule has 5 heteroatoms. The normalized spacial score (nSPS) is 13.4. The Bertz CT molecular complexity index is 1190. The fraction of sp³-hybridized carbons (Fsp3) is 0.217. The maximum Gasteiger partial charge on any atom is 0.260 e. The van der Waals surface area contributed by atoms with Crippen LogP contribution >= 0.6 is 11.3 Å². The van der Waals surface area contributed by atoms with Crippen LogP contribution in [-0.2, 0) is 19.4 Å². The van der Waals surface area contributed by atoms with E-state index in [9.17, 15) is 4.79 Å². The van der Waals surface area contributed by atoms with Crippen molar-refractivity contribution in [3.05, 3.63) is 81.0 Å². The van der Waals surface area contributed by atoms with Crippen LogP contribution < -0.4 is 10.3 Å². The molecule has 4 nitrogen and oxygen atoms in total. The summed E-state index contributed by atoms with van der Waals surface area (Å²) in [5.74, 6) is 1.29. The van der Waals surface area contributed by atoms with Crippen molar-refractivity contribution in [3.63, 3.8) is 0 Å². The van der Waals surface area contributed by atoms with Gasteiger partial charge in [-0.15, -0.1) is 11.3 Å². The van der Waals surface area contributed by atoms with E-state index in [1.54, 1.807) is 11.3 Å². The Labute approximate surface area is 166 Å². The number of hydrogen-bond acceptors (Lipinski definition) is 4. The van der Waals surface area contributed by atoms with Crippen molar-refractivity contribution in [2.45, 2.75) is 32.3 Å². The van der Waals surface area contributed by atoms with Crippen molar-refractivity contribution in [2.75, 3.05) is 0 Å². The topological polar surface area (TPSA) is 55.0 Å². The molecular formula is C23H20N2O2S. The van der Waals surface area contributed by atoms with Gasteiger partial charge in [-0.3, -0.25) is 4.79 Å². The minimum absolute atomic E-state index is 0.0442. The zero-order valence-corrected chi connectivity index (χ0v) is 16.2. The molecule has 2 heterocycles. The molecule has 140 valence electrons. The molecule has 0 saturated carbocycles. The first-order chi connectivity index (χ1) is 13.8. The summed E-state index contributed by atoms with van der Waals surface area (Å²) in [6.45, 7) is 0.470. The summed E-state index contributed by atoms with van der Waals surface area (Å²) < 4.78 is 6.05. The van der Waals surface area contributed by atoms with E-state index >= 15 is 0 Å². The van der Waals surface area contributed by atoms with E-state index in [4.69, 9.17) is 9.72 Å². The number of hydrogen-bond donors (Lipinski definition) is 1. The van der Waals surface area contributed by atoms with Crippen molar-refractivity contribution in [1.29, 1.82) is 0 Å². The monoisotopic (exact) mass is 388 g/mol. The third-order valence-corrected chi connectivity index (χ3v) is 6.39. The van der Waals surface area contributed by atoms with Crippen molar-refractivity contribution >= 4 is 21.6 Å². The first-order valence-corrected chi connectivity index (χ1v) is 10.4. The summed E-state index contributed by atoms with van der Waals surface area (Å²) in [5, 5.41) is 0.783. The second-order valence-corrected chi connectivity index (χ2v) is 8.16. The second kappa shape index (κ2) is 7.24. The summed E-state index contributed by atoms with van der Waals surface area (Å²) in [7, 11) is 0. The van der Waals surface area contributed by atoms with E-state index in [2.05, 4.69) is 4.98 Å². The molecule has 4 aromatic rings. The number of H-pyrrole nitrogens is 1. The second-order valence-electron chi connectivity index (χ2n) is 7.08. The molecule has 2 aromatic heterocycles. The molecule has 0 fully saturated rings. The highest BCUT2D eigenvalue weighted by molar-refractivity contribution is 7.18. The van der Waals surface area contributed by atoms with E-state index in [1.165, 1.54) is 16.9 Å². The van der Waals surface area contributed by atoms with Gasteiger partial charge in [-0.05, 0) is 48.9 Å². The largest absolute Gasteiger partial charge is 0.488 e. The Balaban J connectivity index is 1.54. The lowest BCUT2D eigenvalue weighted by Crippen LogP contribution is -2.11. The number of nitrogens with one attached hydrogen (secondary N) is 1. The Morgan fingerprint density at radius 2 is 1.79 bits per heavy atom. The summed E-state index contributed by atoms with van der Waals surface area (Å²) in [5.41, 5.74) is 3.07. The predicted octanol–water partition coefficient (Wildman–Crippen LogP) is 5.11. The maximum absolute atomic E-state index is 12.9. The lowest BCUT2D eigenvalue weighted by atomic mass is 9.97. The smallest absolute Gasteiger partial charge is 0.260 e. The van der Waals surface area contributed by atoms with Crippen LogP contribution in [-0.4, -0.2) is 9.97 Å². The van der Waals surface area contributed by atoms with Gasteiger partial charge in [0.1, 0.15) is 23.0 Å². The van der Waals surface area contributed by atoms with Gasteiger partial charge in [-0.25, -0.2) is 4.98 Å². The summed E-state index contributed by atoms with van der Waals surface area (Å²) in [4.78, 5) is 22.8. The molecule has 0 bridgehead atoms. The maximum atomic E-state index is 12.9. The number of rotatable bonds is 4. The van der Waals surface area contributed by atoms with Crippen LogP contribution in [0.15, 0.2) is 59.4 Å². The first kappa shape index (κ1) is 17.2. The van der Waals surface area contributed by atoms with Gasteiger partial charge < -0.3 is 9.72 Å². The van der Waals surface area contributed by atoms with E-state index in [-0.39, 0.29) is 5.56 Å². The highest BCUT2D eigenvalue weighted by atomic mass is 32.1. The highest BCUT2D eigenvalue weighted by Gasteiger charge is 2.20. The third-order valence-electron chi connectivity index (χ3n) is 5.20. The molecule has 0 unspecified atom stereocenters. The lowest BCUT2D eigenvalue weighted by molar-refractivity contribution is 0.307. The SMILES string of the molecule is O=c1[nH]c(-c2ccccc2OCc2ccccc2)nc2sc3c(c12)CCCC3. The van der Waals surface area contributed by atoms with Crippen molar-refractivity contribution < 1.29 is 4.74 Å². The number of aromatic nitrogens is 2. The fourth-order valence-electron chi connectivity index (χ4n) is 3.81. The minimum Gasteiger partial charge on any atom is -0.488 e. The standard InChI is InChI=1S/C23H20N2O2S/c26-22-20-17-11-5-7-13-19(17)28-23(20)25-21(24-22)16-10-4-6-12-18(16)27-14-15-8-2-1-3-9-15/h1-4,6,8-10,12H,5,7,11,13-14H2,(H,24,25,26). The van der Waals surface area contributed by atoms with E-state index < -0.39 is 0 Å². The average molecular weight is 388 g/mol. The Kier molecular flexibility index (Phi) is 4.45. The molecule has 1 aliphatic carbocycles. The van der Waals surface area contributed by atoms with Gasteiger partial charge in [0, 0.05) is 4.88 Å². The van der Waals surface area contributed by atoms with E-state index in [1.807, 2.05) is 54.6 Å². The minimum atomic E-state index is -0.0442. The van der Waals surface area contributed by atoms with Gasteiger partial charge in [0.25, 0.3) is 5.56 Å². The van der Waals surface area contributed by atoms with Crippen molar-refractivity contribution in [2.24, 2.45) is 0 Å². The number of fused-ring (bicyclic) bond motifs is 3. The number of nitrogens with zero attached hydrogens (tertiary/aromatic N) is 1. The Morgan fingerprint density at radius 3 is 2.68 bits per heavy atom. The lowest BCUT2D eigenvalue weighted by Gasteiger charge is -2.11. The van der Waals surface area contributed by atoms with Gasteiger partial charge in [0.15, 0.2) is 0 Å². The zero-order valence-electron chi connectivity index (χ0n) is 15.4. The highest BCUT2D eigenvalue weighted by Crippen LogP contribution is 2.35. The van der Waals surface area contributed by atoms with Crippen molar-refractivity contribution in [1.82, 2.24) is 9.97 Å². The first-order valence-electron chi connectivity index (χ1n) is 9.60. The average Bonchev–Trinajstić information content (AvgIpc) is 3.12. The number of ether oxygens (including phenoxy) is 1.